The van der Waals surface area contributed by atoms with Gasteiger partial charge in [0.05, 0.1) is 6.92 Å². The van der Waals surface area contributed by atoms with Crippen LogP contribution in [0.5, 0.6) is 0 Å². The van der Waals surface area contributed by atoms with Crippen molar-refractivity contribution in [2.24, 2.45) is 0 Å². The average molecular weight is 128 g/mol. The fourth-order valence-electron chi connectivity index (χ4n) is 1.05. The van der Waals surface area contributed by atoms with Crippen LogP contribution in [0.15, 0.2) is 0 Å². The standard InChI is InChI=1S/C7H12NO/c1-7(9)8-5-3-2-4-6-8/h5H,2-4,6H2,1H3/q+1/i7+1,8+1. The normalized spacial score (nSPS) is 19.0. The first-order valence-electron chi connectivity index (χ1n) is 3.41. The molecule has 1 heterocycles. The first kappa shape index (κ1) is 6.46. The second kappa shape index (κ2) is 2.76. The zero-order valence-electron chi connectivity index (χ0n) is 5.76. The summed E-state index contributed by atoms with van der Waals surface area (Å²) in [6, 6.07) is 0. The predicted octanol–water partition coefficient (Wildman–Crippen LogP) is 0.800. The highest BCUT2D eigenvalue weighted by molar-refractivity contribution is 5.70. The molecule has 0 radical (unpaired) electrons. The summed E-state index contributed by atoms with van der Waals surface area (Å²) in [7, 11) is 0. The largest absolute Gasteiger partial charge is 0.383 e. The number of hydrogen-bond donors (Lipinski definition) is 0. The number of carbonyl (C=O) groups excluding carboxylic acids is 1. The zero-order chi connectivity index (χ0) is 6.69. The molecule has 0 bridgehead atoms. The molecular weight excluding hydrogens is 116 g/mol. The van der Waals surface area contributed by atoms with E-state index in [0.29, 0.717) is 0 Å². The molecule has 2 nitrogen and oxygen atoms in total. The van der Waals surface area contributed by atoms with Crippen LogP contribution in [0.1, 0.15) is 26.2 Å². The second-order valence-corrected chi connectivity index (χ2v) is 2.39. The monoisotopic (exact) mass is 128 g/mol. The molecule has 0 aromatic rings. The van der Waals surface area contributed by atoms with Crippen molar-refractivity contribution in [3.05, 3.63) is 0 Å². The lowest BCUT2D eigenvalue weighted by molar-refractivity contribution is -0.448. The van der Waals surface area contributed by atoms with Gasteiger partial charge < -0.3 is 0 Å². The maximum Gasteiger partial charge on any atom is 0.383 e. The summed E-state index contributed by atoms with van der Waals surface area (Å²) in [4.78, 5) is 10.7. The van der Waals surface area contributed by atoms with Gasteiger partial charge in [0.1, 0.15) is 6.21 Å². The van der Waals surface area contributed by atoms with Crippen LogP contribution in [0.4, 0.5) is 0 Å². The van der Waals surface area contributed by atoms with E-state index in [-0.39, 0.29) is 5.91 Å². The first-order chi connectivity index (χ1) is 4.30. The van der Waals surface area contributed by atoms with E-state index in [2.05, 4.69) is 0 Å². The van der Waals surface area contributed by atoms with Gasteiger partial charge in [0.2, 0.25) is 0 Å². The van der Waals surface area contributed by atoms with Crippen molar-refractivity contribution in [2.45, 2.75) is 26.2 Å². The van der Waals surface area contributed by atoms with Gasteiger partial charge in [-0.25, -0.2) is 4.79 Å². The maximum atomic E-state index is 10.7. The Bertz CT molecular complexity index is 149. The molecular formula is C7H12NO+. The van der Waals surface area contributed by atoms with E-state index >= 15 is 0 Å². The van der Waals surface area contributed by atoms with Crippen molar-refractivity contribution in [1.29, 1.82) is 0 Å². The molecule has 0 fully saturated rings. The lowest BCUT2D eigenvalue weighted by Gasteiger charge is -2.02. The summed E-state index contributed by atoms with van der Waals surface area (Å²) >= 11 is 0. The summed E-state index contributed by atoms with van der Waals surface area (Å²) in [5.74, 6) is 0.176. The number of carbonyl (C=O) groups is 1. The van der Waals surface area contributed by atoms with Crippen LogP contribution in [-0.2, 0) is 4.79 Å². The Morgan fingerprint density at radius 1 is 1.56 bits per heavy atom. The van der Waals surface area contributed by atoms with Gasteiger partial charge in [0.25, 0.3) is 0 Å². The van der Waals surface area contributed by atoms with Crippen LogP contribution in [0.25, 0.3) is 0 Å². The Labute approximate surface area is 55.2 Å². The Kier molecular flexibility index (Phi) is 1.98. The zero-order valence-corrected chi connectivity index (χ0v) is 5.76. The molecule has 1 aliphatic rings. The highest BCUT2D eigenvalue weighted by Crippen LogP contribution is 1.99. The summed E-state index contributed by atoms with van der Waals surface area (Å²) in [6.45, 7) is 2.54. The molecule has 50 valence electrons. The molecule has 0 aliphatic carbocycles. The minimum absolute atomic E-state index is 0.176. The van der Waals surface area contributed by atoms with Crippen LogP contribution in [0.2, 0.25) is 0 Å². The average Bonchev–Trinajstić information content (AvgIpc) is 1.90. The molecule has 0 unspecified atom stereocenters. The highest BCUT2D eigenvalue weighted by atomic mass is 16.3. The number of amides is 1. The number of nitrogens with zero attached hydrogens (tertiary/aromatic N) is 1. The van der Waals surface area contributed by atoms with Crippen LogP contribution >= 0.6 is 0 Å². The lowest BCUT2D eigenvalue weighted by Crippen LogP contribution is -2.23. The van der Waals surface area contributed by atoms with Gasteiger partial charge in [-0.2, -0.15) is 4.58 Å². The van der Waals surface area contributed by atoms with Gasteiger partial charge in [-0.3, -0.25) is 0 Å². The molecule has 0 saturated heterocycles. The minimum atomic E-state index is 0.176. The van der Waals surface area contributed by atoms with E-state index in [1.54, 1.807) is 11.5 Å². The van der Waals surface area contributed by atoms with Crippen molar-refractivity contribution in [3.8, 4) is 0 Å². The predicted molar refractivity (Wildman–Crippen MR) is 35.7 cm³/mol. The van der Waals surface area contributed by atoms with Crippen LogP contribution < -0.4 is 0 Å². The molecule has 0 N–H and O–H groups in total. The van der Waals surface area contributed by atoms with Crippen molar-refractivity contribution >= 4 is 12.1 Å². The third-order valence-electron chi connectivity index (χ3n) is 1.61. The van der Waals surface area contributed by atoms with Gasteiger partial charge in [0.15, 0.2) is 6.54 Å². The maximum absolute atomic E-state index is 10.7. The van der Waals surface area contributed by atoms with Crippen molar-refractivity contribution < 1.29 is 9.37 Å². The van der Waals surface area contributed by atoms with Gasteiger partial charge in [-0.15, -0.1) is 0 Å². The quantitative estimate of drug-likeness (QED) is 0.268. The summed E-state index contributed by atoms with van der Waals surface area (Å²) < 4.78 is 1.80. The smallest absolute Gasteiger partial charge is 0.220 e. The molecule has 2 heteroatoms. The summed E-state index contributed by atoms with van der Waals surface area (Å²) in [6.07, 6.45) is 5.46. The summed E-state index contributed by atoms with van der Waals surface area (Å²) in [5, 5.41) is 0. The number of rotatable bonds is 0. The molecule has 0 spiro atoms. The van der Waals surface area contributed by atoms with E-state index in [1.807, 2.05) is 6.21 Å². The SMILES string of the molecule is C[13C](=O)[15N+]1=CCCCC1. The highest BCUT2D eigenvalue weighted by Gasteiger charge is 2.13. The van der Waals surface area contributed by atoms with Gasteiger partial charge in [0, 0.05) is 12.8 Å². The van der Waals surface area contributed by atoms with Crippen molar-refractivity contribution in [3.63, 3.8) is 0 Å². The Morgan fingerprint density at radius 3 is 2.67 bits per heavy atom. The molecule has 1 rings (SSSR count). The van der Waals surface area contributed by atoms with E-state index in [0.717, 1.165) is 19.4 Å². The van der Waals surface area contributed by atoms with E-state index < -0.39 is 0 Å². The molecule has 0 aromatic carbocycles. The van der Waals surface area contributed by atoms with Crippen LogP contribution in [0.3, 0.4) is 0 Å². The Morgan fingerprint density at radius 2 is 2.33 bits per heavy atom. The molecule has 0 aromatic heterocycles. The molecule has 1 aliphatic heterocycles. The fourth-order valence-corrected chi connectivity index (χ4v) is 1.05. The molecule has 1 amide bonds. The molecule has 0 saturated carbocycles. The molecule has 0 atom stereocenters. The Balaban J connectivity index is 2.57. The van der Waals surface area contributed by atoms with Gasteiger partial charge in [-0.1, -0.05) is 0 Å². The number of hydrogen-bond acceptors (Lipinski definition) is 1. The fraction of sp³-hybridized carbons (Fsp3) is 0.714. The minimum Gasteiger partial charge on any atom is -0.220 e. The van der Waals surface area contributed by atoms with Crippen molar-refractivity contribution in [2.75, 3.05) is 6.54 Å². The van der Waals surface area contributed by atoms with Crippen LogP contribution in [0, 0.1) is 0 Å². The lowest BCUT2D eigenvalue weighted by atomic mass is 10.2. The van der Waals surface area contributed by atoms with E-state index in [1.165, 1.54) is 6.42 Å². The first-order valence-corrected chi connectivity index (χ1v) is 3.41. The second-order valence-electron chi connectivity index (χ2n) is 2.39. The van der Waals surface area contributed by atoms with Crippen LogP contribution in [-0.4, -0.2) is 23.2 Å². The van der Waals surface area contributed by atoms with E-state index in [4.69, 9.17) is 0 Å². The van der Waals surface area contributed by atoms with Crippen molar-refractivity contribution in [1.82, 2.24) is 0 Å². The topological polar surface area (TPSA) is 20.1 Å². The third-order valence-corrected chi connectivity index (χ3v) is 1.61. The third kappa shape index (κ3) is 1.63. The van der Waals surface area contributed by atoms with Gasteiger partial charge >= 0.3 is 5.91 Å². The summed E-state index contributed by atoms with van der Waals surface area (Å²) in [5.41, 5.74) is 0. The molecule has 9 heavy (non-hydrogen) atoms. The van der Waals surface area contributed by atoms with E-state index in [9.17, 15) is 4.79 Å². The Hall–Kier alpha value is -0.660. The van der Waals surface area contributed by atoms with Gasteiger partial charge in [-0.05, 0) is 6.42 Å².